The molecule has 0 spiro atoms. The van der Waals surface area contributed by atoms with Gasteiger partial charge in [0.05, 0.1) is 0 Å². The fourth-order valence-electron chi connectivity index (χ4n) is 3.12. The van der Waals surface area contributed by atoms with Crippen LogP contribution >= 0.6 is 0 Å². The van der Waals surface area contributed by atoms with E-state index in [2.05, 4.69) is 17.2 Å². The second-order valence-corrected chi connectivity index (χ2v) is 6.78. The topological polar surface area (TPSA) is 70.7 Å². The van der Waals surface area contributed by atoms with Crippen molar-refractivity contribution >= 4 is 12.0 Å². The van der Waals surface area contributed by atoms with Gasteiger partial charge in [0.2, 0.25) is 5.91 Å². The van der Waals surface area contributed by atoms with Gasteiger partial charge in [0.15, 0.2) is 0 Å². The maximum atomic E-state index is 12.7. The molecule has 0 unspecified atom stereocenters. The molecule has 1 atom stereocenters. The van der Waals surface area contributed by atoms with Gasteiger partial charge in [0, 0.05) is 19.6 Å². The largest absolute Gasteiger partial charge is 0.445 e. The number of rotatable bonds is 11. The summed E-state index contributed by atoms with van der Waals surface area (Å²) in [5, 5.41) is 6.02. The predicted octanol–water partition coefficient (Wildman–Crippen LogP) is 2.85. The highest BCUT2D eigenvalue weighted by molar-refractivity contribution is 5.85. The van der Waals surface area contributed by atoms with Crippen LogP contribution in [0.25, 0.3) is 0 Å². The Morgan fingerprint density at radius 2 is 1.93 bits per heavy atom. The second-order valence-electron chi connectivity index (χ2n) is 6.78. The average Bonchev–Trinajstić information content (AvgIpc) is 3.23. The molecular formula is C21H31N3O3. The lowest BCUT2D eigenvalue weighted by Crippen LogP contribution is -2.47. The van der Waals surface area contributed by atoms with Gasteiger partial charge in [-0.15, -0.1) is 6.58 Å². The third-order valence-corrected chi connectivity index (χ3v) is 4.61. The molecule has 0 saturated carbocycles. The molecule has 1 aromatic rings. The highest BCUT2D eigenvalue weighted by Gasteiger charge is 2.27. The van der Waals surface area contributed by atoms with Gasteiger partial charge in [-0.1, -0.05) is 36.4 Å². The lowest BCUT2D eigenvalue weighted by Gasteiger charge is -2.24. The molecule has 1 aliphatic heterocycles. The second kappa shape index (κ2) is 12.1. The number of nitrogens with one attached hydrogen (secondary N) is 2. The number of carbonyl (C=O) groups excluding carboxylic acids is 2. The molecule has 6 nitrogen and oxygen atoms in total. The number of benzene rings is 1. The van der Waals surface area contributed by atoms with Crippen molar-refractivity contribution in [1.29, 1.82) is 0 Å². The van der Waals surface area contributed by atoms with Crippen LogP contribution in [0.5, 0.6) is 0 Å². The van der Waals surface area contributed by atoms with Crippen molar-refractivity contribution in [3.05, 3.63) is 48.6 Å². The number of hydrogen-bond donors (Lipinski definition) is 2. The number of ether oxygens (including phenoxy) is 1. The van der Waals surface area contributed by atoms with Crippen molar-refractivity contribution in [3.8, 4) is 0 Å². The van der Waals surface area contributed by atoms with Crippen molar-refractivity contribution < 1.29 is 14.3 Å². The summed E-state index contributed by atoms with van der Waals surface area (Å²) in [6.07, 6.45) is 5.76. The number of unbranched alkanes of at least 4 members (excludes halogenated alkanes) is 1. The van der Waals surface area contributed by atoms with Crippen LogP contribution in [0.4, 0.5) is 4.79 Å². The number of nitrogens with zero attached hydrogens (tertiary/aromatic N) is 1. The lowest BCUT2D eigenvalue weighted by molar-refractivity contribution is -0.132. The van der Waals surface area contributed by atoms with Crippen molar-refractivity contribution in [1.82, 2.24) is 15.5 Å². The first-order valence-electron chi connectivity index (χ1n) is 9.78. The quantitative estimate of drug-likeness (QED) is 0.462. The van der Waals surface area contributed by atoms with Crippen LogP contribution < -0.4 is 10.6 Å². The molecule has 1 heterocycles. The van der Waals surface area contributed by atoms with Crippen LogP contribution in [0.2, 0.25) is 0 Å². The van der Waals surface area contributed by atoms with Gasteiger partial charge < -0.3 is 20.3 Å². The zero-order chi connectivity index (χ0) is 19.3. The molecule has 2 amide bonds. The summed E-state index contributed by atoms with van der Waals surface area (Å²) in [6, 6.07) is 8.99. The molecule has 27 heavy (non-hydrogen) atoms. The standard InChI is InChI=1S/C21H31N3O3/c1-2-13-22-14-7-6-12-19(20(25)24-15-8-9-16-24)23-21(26)27-17-18-10-4-3-5-11-18/h2-5,10-11,19,22H,1,6-9,12-17H2,(H,23,26)/t19-/m0/s1. The Hall–Kier alpha value is -2.34. The minimum atomic E-state index is -0.541. The first-order valence-corrected chi connectivity index (χ1v) is 9.78. The van der Waals surface area contributed by atoms with Gasteiger partial charge in [0.25, 0.3) is 0 Å². The van der Waals surface area contributed by atoms with Crippen LogP contribution in [-0.2, 0) is 16.1 Å². The van der Waals surface area contributed by atoms with Crippen LogP contribution in [0.15, 0.2) is 43.0 Å². The van der Waals surface area contributed by atoms with Crippen LogP contribution in [-0.4, -0.2) is 49.1 Å². The molecule has 1 aliphatic rings. The van der Waals surface area contributed by atoms with E-state index in [0.717, 1.165) is 57.4 Å². The lowest BCUT2D eigenvalue weighted by atomic mass is 10.1. The normalized spacial score (nSPS) is 14.6. The third kappa shape index (κ3) is 7.83. The fraction of sp³-hybridized carbons (Fsp3) is 0.524. The van der Waals surface area contributed by atoms with Gasteiger partial charge in [0.1, 0.15) is 12.6 Å². The zero-order valence-electron chi connectivity index (χ0n) is 16.0. The van der Waals surface area contributed by atoms with E-state index in [1.54, 1.807) is 0 Å². The Morgan fingerprint density at radius 3 is 2.63 bits per heavy atom. The Labute approximate surface area is 162 Å². The predicted molar refractivity (Wildman–Crippen MR) is 106 cm³/mol. The Balaban J connectivity index is 1.81. The zero-order valence-corrected chi connectivity index (χ0v) is 16.0. The highest BCUT2D eigenvalue weighted by atomic mass is 16.5. The highest BCUT2D eigenvalue weighted by Crippen LogP contribution is 2.12. The molecule has 2 N–H and O–H groups in total. The number of hydrogen-bond acceptors (Lipinski definition) is 4. The van der Waals surface area contributed by atoms with Crippen LogP contribution in [0.3, 0.4) is 0 Å². The average molecular weight is 373 g/mol. The van der Waals surface area contributed by atoms with Gasteiger partial charge in [-0.2, -0.15) is 0 Å². The first-order chi connectivity index (χ1) is 13.2. The van der Waals surface area contributed by atoms with Gasteiger partial charge >= 0.3 is 6.09 Å². The van der Waals surface area contributed by atoms with E-state index in [1.807, 2.05) is 41.3 Å². The van der Waals surface area contributed by atoms with Crippen LogP contribution in [0, 0.1) is 0 Å². The van der Waals surface area contributed by atoms with Crippen molar-refractivity contribution in [2.45, 2.75) is 44.8 Å². The van der Waals surface area contributed by atoms with E-state index in [0.29, 0.717) is 6.42 Å². The summed E-state index contributed by atoms with van der Waals surface area (Å²) in [7, 11) is 0. The van der Waals surface area contributed by atoms with Crippen molar-refractivity contribution in [3.63, 3.8) is 0 Å². The fourth-order valence-corrected chi connectivity index (χ4v) is 3.12. The van der Waals surface area contributed by atoms with Crippen molar-refractivity contribution in [2.24, 2.45) is 0 Å². The summed E-state index contributed by atoms with van der Waals surface area (Å²) in [4.78, 5) is 26.8. The van der Waals surface area contributed by atoms with E-state index < -0.39 is 12.1 Å². The van der Waals surface area contributed by atoms with Crippen LogP contribution in [0.1, 0.15) is 37.7 Å². The SMILES string of the molecule is C=CCNCCCC[C@H](NC(=O)OCc1ccccc1)C(=O)N1CCCC1. The Morgan fingerprint density at radius 1 is 1.19 bits per heavy atom. The number of amides is 2. The summed E-state index contributed by atoms with van der Waals surface area (Å²) >= 11 is 0. The molecule has 6 heteroatoms. The van der Waals surface area contributed by atoms with E-state index in [4.69, 9.17) is 4.74 Å². The number of likely N-dealkylation sites (tertiary alicyclic amines) is 1. The molecular weight excluding hydrogens is 342 g/mol. The van der Waals surface area contributed by atoms with E-state index in [9.17, 15) is 9.59 Å². The summed E-state index contributed by atoms with van der Waals surface area (Å²) in [6.45, 7) is 7.07. The van der Waals surface area contributed by atoms with Gasteiger partial charge in [-0.25, -0.2) is 4.79 Å². The molecule has 1 saturated heterocycles. The molecule has 0 bridgehead atoms. The summed E-state index contributed by atoms with van der Waals surface area (Å²) in [5.41, 5.74) is 0.920. The van der Waals surface area contributed by atoms with E-state index in [1.165, 1.54) is 0 Å². The molecule has 0 aromatic heterocycles. The minimum Gasteiger partial charge on any atom is -0.445 e. The molecule has 1 aromatic carbocycles. The number of carbonyl (C=O) groups is 2. The maximum absolute atomic E-state index is 12.7. The minimum absolute atomic E-state index is 0.00297. The van der Waals surface area contributed by atoms with Gasteiger partial charge in [-0.3, -0.25) is 4.79 Å². The summed E-state index contributed by atoms with van der Waals surface area (Å²) < 4.78 is 5.29. The smallest absolute Gasteiger partial charge is 0.408 e. The Bertz CT molecular complexity index is 586. The van der Waals surface area contributed by atoms with E-state index in [-0.39, 0.29) is 12.5 Å². The molecule has 1 fully saturated rings. The van der Waals surface area contributed by atoms with Crippen molar-refractivity contribution in [2.75, 3.05) is 26.2 Å². The molecule has 2 rings (SSSR count). The van der Waals surface area contributed by atoms with E-state index >= 15 is 0 Å². The summed E-state index contributed by atoms with van der Waals surface area (Å²) in [5.74, 6) is 0.00297. The molecule has 148 valence electrons. The third-order valence-electron chi connectivity index (χ3n) is 4.61. The first kappa shape index (κ1) is 21.0. The maximum Gasteiger partial charge on any atom is 0.408 e. The monoisotopic (exact) mass is 373 g/mol. The van der Waals surface area contributed by atoms with Gasteiger partial charge in [-0.05, 0) is 44.2 Å². The molecule has 0 aliphatic carbocycles. The number of alkyl carbamates (subject to hydrolysis) is 1. The Kier molecular flexibility index (Phi) is 9.41. The molecule has 0 radical (unpaired) electrons.